The van der Waals surface area contributed by atoms with Crippen LogP contribution in [-0.2, 0) is 6.54 Å². The Morgan fingerprint density at radius 2 is 2.09 bits per heavy atom. The van der Waals surface area contributed by atoms with Gasteiger partial charge in [-0.25, -0.2) is 0 Å². The molecule has 1 saturated heterocycles. The van der Waals surface area contributed by atoms with Gasteiger partial charge in [0.25, 0.3) is 0 Å². The van der Waals surface area contributed by atoms with Crippen molar-refractivity contribution < 1.29 is 4.52 Å². The summed E-state index contributed by atoms with van der Waals surface area (Å²) in [5.74, 6) is 1.90. The van der Waals surface area contributed by atoms with Crippen LogP contribution in [0.15, 0.2) is 28.8 Å². The summed E-state index contributed by atoms with van der Waals surface area (Å²) in [4.78, 5) is 6.91. The smallest absolute Gasteiger partial charge is 0.241 e. The van der Waals surface area contributed by atoms with Crippen molar-refractivity contribution in [2.75, 3.05) is 19.6 Å². The fourth-order valence-electron chi connectivity index (χ4n) is 2.75. The molecule has 0 unspecified atom stereocenters. The van der Waals surface area contributed by atoms with Gasteiger partial charge in [-0.2, -0.15) is 4.98 Å². The molecule has 0 aliphatic carbocycles. The maximum atomic E-state index is 5.42. The van der Waals surface area contributed by atoms with Crippen LogP contribution in [0.5, 0.6) is 0 Å². The number of hydrogen-bond acceptors (Lipinski definition) is 5. The molecule has 2 heterocycles. The molecular weight excluding hydrogens is 276 g/mol. The number of hydrogen-bond donors (Lipinski definition) is 1. The summed E-state index contributed by atoms with van der Waals surface area (Å²) in [5.41, 5.74) is 2.33. The van der Waals surface area contributed by atoms with Gasteiger partial charge in [0.2, 0.25) is 11.7 Å². The maximum Gasteiger partial charge on any atom is 0.241 e. The third kappa shape index (κ3) is 3.36. The standard InChI is InChI=1S/C17H24N4O/c1-12(2)14-4-6-15(7-5-14)17-19-16(22-20-17)11-21-9-8-18-10-13(21)3/h4-7,12-13,18H,8-11H2,1-3H3/t13-/m1/s1. The van der Waals surface area contributed by atoms with Gasteiger partial charge in [-0.1, -0.05) is 43.3 Å². The van der Waals surface area contributed by atoms with Crippen molar-refractivity contribution in [1.82, 2.24) is 20.4 Å². The maximum absolute atomic E-state index is 5.42. The lowest BCUT2D eigenvalue weighted by molar-refractivity contribution is 0.146. The number of piperazine rings is 1. The minimum atomic E-state index is 0.495. The zero-order valence-electron chi connectivity index (χ0n) is 13.5. The zero-order chi connectivity index (χ0) is 15.5. The van der Waals surface area contributed by atoms with Crippen molar-refractivity contribution in [2.24, 2.45) is 0 Å². The molecule has 22 heavy (non-hydrogen) atoms. The van der Waals surface area contributed by atoms with E-state index in [2.05, 4.69) is 65.4 Å². The first kappa shape index (κ1) is 15.2. The molecule has 0 spiro atoms. The highest BCUT2D eigenvalue weighted by Gasteiger charge is 2.20. The molecule has 1 aliphatic rings. The molecule has 2 aromatic rings. The number of nitrogens with zero attached hydrogens (tertiary/aromatic N) is 3. The number of rotatable bonds is 4. The molecule has 3 rings (SSSR count). The number of aromatic nitrogens is 2. The van der Waals surface area contributed by atoms with Crippen molar-refractivity contribution in [3.05, 3.63) is 35.7 Å². The number of nitrogens with one attached hydrogen (secondary N) is 1. The zero-order valence-corrected chi connectivity index (χ0v) is 13.5. The Labute approximate surface area is 131 Å². The van der Waals surface area contributed by atoms with Crippen LogP contribution >= 0.6 is 0 Å². The molecule has 118 valence electrons. The largest absolute Gasteiger partial charge is 0.338 e. The van der Waals surface area contributed by atoms with E-state index >= 15 is 0 Å². The third-order valence-corrected chi connectivity index (χ3v) is 4.28. The topological polar surface area (TPSA) is 54.2 Å². The highest BCUT2D eigenvalue weighted by atomic mass is 16.5. The lowest BCUT2D eigenvalue weighted by Gasteiger charge is -2.32. The SMILES string of the molecule is CC(C)c1ccc(-c2noc(CN3CCNC[C@H]3C)n2)cc1. The van der Waals surface area contributed by atoms with Gasteiger partial charge < -0.3 is 9.84 Å². The van der Waals surface area contributed by atoms with Gasteiger partial charge in [-0.05, 0) is 18.4 Å². The van der Waals surface area contributed by atoms with E-state index in [0.717, 1.165) is 31.7 Å². The minimum Gasteiger partial charge on any atom is -0.338 e. The Morgan fingerprint density at radius 1 is 1.32 bits per heavy atom. The molecule has 0 saturated carbocycles. The van der Waals surface area contributed by atoms with E-state index < -0.39 is 0 Å². The number of benzene rings is 1. The lowest BCUT2D eigenvalue weighted by Crippen LogP contribution is -2.49. The summed E-state index contributed by atoms with van der Waals surface area (Å²) < 4.78 is 5.42. The van der Waals surface area contributed by atoms with Crippen molar-refractivity contribution in [3.8, 4) is 11.4 Å². The Morgan fingerprint density at radius 3 is 2.77 bits per heavy atom. The Kier molecular flexibility index (Phi) is 4.55. The molecule has 5 heteroatoms. The summed E-state index contributed by atoms with van der Waals surface area (Å²) in [6.07, 6.45) is 0. The van der Waals surface area contributed by atoms with Crippen LogP contribution in [-0.4, -0.2) is 40.7 Å². The van der Waals surface area contributed by atoms with Gasteiger partial charge in [0, 0.05) is 31.2 Å². The van der Waals surface area contributed by atoms with Crippen molar-refractivity contribution >= 4 is 0 Å². The normalized spacial score (nSPS) is 19.7. The predicted molar refractivity (Wildman–Crippen MR) is 86.6 cm³/mol. The van der Waals surface area contributed by atoms with Crippen molar-refractivity contribution in [3.63, 3.8) is 0 Å². The Hall–Kier alpha value is -1.72. The van der Waals surface area contributed by atoms with E-state index in [-0.39, 0.29) is 0 Å². The molecular formula is C17H24N4O. The van der Waals surface area contributed by atoms with Crippen LogP contribution < -0.4 is 5.32 Å². The van der Waals surface area contributed by atoms with E-state index in [4.69, 9.17) is 4.52 Å². The summed E-state index contributed by atoms with van der Waals surface area (Å²) in [7, 11) is 0. The van der Waals surface area contributed by atoms with Gasteiger partial charge in [0.1, 0.15) is 0 Å². The van der Waals surface area contributed by atoms with E-state index in [1.165, 1.54) is 5.56 Å². The summed E-state index contributed by atoms with van der Waals surface area (Å²) in [6, 6.07) is 8.90. The summed E-state index contributed by atoms with van der Waals surface area (Å²) in [6.45, 7) is 10.4. The monoisotopic (exact) mass is 300 g/mol. The van der Waals surface area contributed by atoms with E-state index in [1.54, 1.807) is 0 Å². The molecule has 1 aromatic carbocycles. The van der Waals surface area contributed by atoms with E-state index in [9.17, 15) is 0 Å². The molecule has 1 atom stereocenters. The average molecular weight is 300 g/mol. The fraction of sp³-hybridized carbons (Fsp3) is 0.529. The molecule has 1 aliphatic heterocycles. The van der Waals surface area contributed by atoms with Crippen molar-refractivity contribution in [2.45, 2.75) is 39.3 Å². The third-order valence-electron chi connectivity index (χ3n) is 4.28. The van der Waals surface area contributed by atoms with Crippen LogP contribution in [0.1, 0.15) is 38.1 Å². The molecule has 1 fully saturated rings. The molecule has 0 radical (unpaired) electrons. The fourth-order valence-corrected chi connectivity index (χ4v) is 2.75. The van der Waals surface area contributed by atoms with Crippen LogP contribution in [0, 0.1) is 0 Å². The molecule has 0 amide bonds. The van der Waals surface area contributed by atoms with Gasteiger partial charge in [-0.3, -0.25) is 4.90 Å². The summed E-state index contributed by atoms with van der Waals surface area (Å²) in [5, 5.41) is 7.51. The highest BCUT2D eigenvalue weighted by molar-refractivity contribution is 5.54. The van der Waals surface area contributed by atoms with Crippen LogP contribution in [0.4, 0.5) is 0 Å². The predicted octanol–water partition coefficient (Wildman–Crippen LogP) is 2.65. The molecule has 1 aromatic heterocycles. The second-order valence-electron chi connectivity index (χ2n) is 6.31. The highest BCUT2D eigenvalue weighted by Crippen LogP contribution is 2.21. The molecule has 0 bridgehead atoms. The van der Waals surface area contributed by atoms with Crippen LogP contribution in [0.25, 0.3) is 11.4 Å². The summed E-state index contributed by atoms with van der Waals surface area (Å²) >= 11 is 0. The van der Waals surface area contributed by atoms with Crippen LogP contribution in [0.2, 0.25) is 0 Å². The van der Waals surface area contributed by atoms with Crippen molar-refractivity contribution in [1.29, 1.82) is 0 Å². The average Bonchev–Trinajstić information content (AvgIpc) is 2.98. The van der Waals surface area contributed by atoms with E-state index in [1.807, 2.05) is 0 Å². The second kappa shape index (κ2) is 6.58. The molecule has 1 N–H and O–H groups in total. The lowest BCUT2D eigenvalue weighted by atomic mass is 10.0. The molecule has 5 nitrogen and oxygen atoms in total. The Balaban J connectivity index is 1.70. The van der Waals surface area contributed by atoms with Gasteiger partial charge in [0.15, 0.2) is 0 Å². The van der Waals surface area contributed by atoms with Gasteiger partial charge in [0.05, 0.1) is 6.54 Å². The Bertz CT molecular complexity index is 605. The first-order valence-electron chi connectivity index (χ1n) is 8.01. The quantitative estimate of drug-likeness (QED) is 0.941. The van der Waals surface area contributed by atoms with Crippen LogP contribution in [0.3, 0.4) is 0 Å². The first-order chi connectivity index (χ1) is 10.6. The van der Waals surface area contributed by atoms with E-state index in [0.29, 0.717) is 23.7 Å². The minimum absolute atomic E-state index is 0.495. The second-order valence-corrected chi connectivity index (χ2v) is 6.31. The van der Waals surface area contributed by atoms with Gasteiger partial charge >= 0.3 is 0 Å². The first-order valence-corrected chi connectivity index (χ1v) is 8.01. The van der Waals surface area contributed by atoms with Gasteiger partial charge in [-0.15, -0.1) is 0 Å².